The molecule has 3 aromatic carbocycles. The monoisotopic (exact) mass is 481 g/mol. The molecule has 0 fully saturated rings. The van der Waals surface area contributed by atoms with Crippen LogP contribution in [0.4, 0.5) is 5.69 Å². The number of ether oxygens (including phenoxy) is 2. The summed E-state index contributed by atoms with van der Waals surface area (Å²) in [4.78, 5) is 25.6. The van der Waals surface area contributed by atoms with Gasteiger partial charge in [0.1, 0.15) is 5.84 Å². The molecular formula is C23H20BrN3O4. The Morgan fingerprint density at radius 1 is 1.00 bits per heavy atom. The molecule has 0 unspecified atom stereocenters. The van der Waals surface area contributed by atoms with E-state index in [0.29, 0.717) is 38.0 Å². The minimum Gasteiger partial charge on any atom is -0.435 e. The number of amidine groups is 1. The normalized spacial score (nSPS) is 10.4. The number of carbonyl (C=O) groups is 2. The average molecular weight is 482 g/mol. The molecule has 3 aromatic rings. The van der Waals surface area contributed by atoms with E-state index in [4.69, 9.17) is 20.6 Å². The van der Waals surface area contributed by atoms with E-state index in [9.17, 15) is 9.59 Å². The Balaban J connectivity index is 1.97. The molecule has 4 N–H and O–H groups in total. The van der Waals surface area contributed by atoms with Crippen LogP contribution >= 0.6 is 15.9 Å². The van der Waals surface area contributed by atoms with Gasteiger partial charge in [0.05, 0.1) is 5.56 Å². The molecule has 0 atom stereocenters. The van der Waals surface area contributed by atoms with E-state index in [-0.39, 0.29) is 18.5 Å². The Morgan fingerprint density at radius 2 is 1.68 bits per heavy atom. The standard InChI is InChI=1S/C23H20BrN3O4/c1-30-13-31-23(29)19-5-3-2-4-17(19)18-11-8-15(24)12-20(18)22(28)27-16-9-6-14(7-10-16)21(25)26/h2-12H,13H2,1H3,(H3,25,26)(H,27,28). The lowest BCUT2D eigenvalue weighted by Crippen LogP contribution is -2.15. The minimum absolute atomic E-state index is 0.0517. The van der Waals surface area contributed by atoms with Crippen molar-refractivity contribution in [3.05, 3.63) is 87.9 Å². The van der Waals surface area contributed by atoms with Gasteiger partial charge in [-0.05, 0) is 53.6 Å². The zero-order chi connectivity index (χ0) is 22.4. The van der Waals surface area contributed by atoms with Gasteiger partial charge in [0.15, 0.2) is 6.79 Å². The van der Waals surface area contributed by atoms with E-state index in [1.165, 1.54) is 7.11 Å². The van der Waals surface area contributed by atoms with Crippen LogP contribution in [0.5, 0.6) is 0 Å². The molecule has 0 radical (unpaired) electrons. The fourth-order valence-corrected chi connectivity index (χ4v) is 3.32. The van der Waals surface area contributed by atoms with Crippen molar-refractivity contribution in [2.24, 2.45) is 5.73 Å². The Morgan fingerprint density at radius 3 is 2.35 bits per heavy atom. The summed E-state index contributed by atoms with van der Waals surface area (Å²) in [6.07, 6.45) is 0. The van der Waals surface area contributed by atoms with Crippen molar-refractivity contribution < 1.29 is 19.1 Å². The number of amides is 1. The number of hydrogen-bond acceptors (Lipinski definition) is 5. The number of methoxy groups -OCH3 is 1. The first-order valence-electron chi connectivity index (χ1n) is 9.21. The third-order valence-corrected chi connectivity index (χ3v) is 4.92. The van der Waals surface area contributed by atoms with Gasteiger partial charge in [-0.15, -0.1) is 0 Å². The molecule has 0 aliphatic carbocycles. The van der Waals surface area contributed by atoms with Crippen LogP contribution in [0.15, 0.2) is 71.2 Å². The van der Waals surface area contributed by atoms with Crippen molar-refractivity contribution >= 4 is 39.3 Å². The number of benzene rings is 3. The van der Waals surface area contributed by atoms with Crippen LogP contribution in [0.25, 0.3) is 11.1 Å². The quantitative estimate of drug-likeness (QED) is 0.200. The largest absolute Gasteiger partial charge is 0.435 e. The number of carbonyl (C=O) groups excluding carboxylic acids is 2. The molecule has 0 saturated heterocycles. The summed E-state index contributed by atoms with van der Waals surface area (Å²) >= 11 is 3.40. The number of nitrogens with one attached hydrogen (secondary N) is 2. The van der Waals surface area contributed by atoms with Gasteiger partial charge in [0.2, 0.25) is 0 Å². The number of esters is 1. The average Bonchev–Trinajstić information content (AvgIpc) is 2.77. The van der Waals surface area contributed by atoms with E-state index in [1.807, 2.05) is 0 Å². The summed E-state index contributed by atoms with van der Waals surface area (Å²) in [6, 6.07) is 18.8. The molecule has 158 valence electrons. The third kappa shape index (κ3) is 5.36. The summed E-state index contributed by atoms with van der Waals surface area (Å²) in [5, 5.41) is 10.3. The Bertz CT molecular complexity index is 1130. The van der Waals surface area contributed by atoms with Crippen LogP contribution in [-0.2, 0) is 9.47 Å². The number of nitrogen functional groups attached to an aromatic ring is 1. The molecule has 0 aromatic heterocycles. The molecule has 0 spiro atoms. The highest BCUT2D eigenvalue weighted by Gasteiger charge is 2.19. The lowest BCUT2D eigenvalue weighted by Gasteiger charge is -2.14. The first kappa shape index (κ1) is 22.2. The fraction of sp³-hybridized carbons (Fsp3) is 0.0870. The minimum atomic E-state index is -0.549. The van der Waals surface area contributed by atoms with Gasteiger partial charge >= 0.3 is 5.97 Å². The van der Waals surface area contributed by atoms with Crippen molar-refractivity contribution in [1.82, 2.24) is 0 Å². The predicted octanol–water partition coefficient (Wildman–Crippen LogP) is 4.41. The molecule has 0 aliphatic heterocycles. The van der Waals surface area contributed by atoms with Crippen molar-refractivity contribution in [3.8, 4) is 11.1 Å². The van der Waals surface area contributed by atoms with Gasteiger partial charge in [-0.25, -0.2) is 4.79 Å². The van der Waals surface area contributed by atoms with Gasteiger partial charge in [0, 0.05) is 28.4 Å². The molecule has 0 heterocycles. The number of halogens is 1. The Hall–Kier alpha value is -3.49. The topological polar surface area (TPSA) is 114 Å². The molecular weight excluding hydrogens is 462 g/mol. The zero-order valence-corrected chi connectivity index (χ0v) is 18.2. The highest BCUT2D eigenvalue weighted by atomic mass is 79.9. The van der Waals surface area contributed by atoms with Gasteiger partial charge in [-0.1, -0.05) is 40.2 Å². The van der Waals surface area contributed by atoms with Gasteiger partial charge < -0.3 is 20.5 Å². The fourth-order valence-electron chi connectivity index (χ4n) is 2.96. The maximum absolute atomic E-state index is 13.1. The second-order valence-corrected chi connectivity index (χ2v) is 7.43. The predicted molar refractivity (Wildman–Crippen MR) is 122 cm³/mol. The van der Waals surface area contributed by atoms with E-state index in [2.05, 4.69) is 21.2 Å². The molecule has 1 amide bonds. The number of rotatable bonds is 7. The number of hydrogen-bond donors (Lipinski definition) is 3. The first-order valence-corrected chi connectivity index (χ1v) is 10.0. The summed E-state index contributed by atoms with van der Waals surface area (Å²) in [6.45, 7) is -0.170. The van der Waals surface area contributed by atoms with Crippen molar-refractivity contribution in [3.63, 3.8) is 0 Å². The van der Waals surface area contributed by atoms with E-state index < -0.39 is 5.97 Å². The van der Waals surface area contributed by atoms with Crippen LogP contribution in [0.3, 0.4) is 0 Å². The van der Waals surface area contributed by atoms with E-state index >= 15 is 0 Å². The van der Waals surface area contributed by atoms with Crippen LogP contribution < -0.4 is 11.1 Å². The highest BCUT2D eigenvalue weighted by Crippen LogP contribution is 2.30. The van der Waals surface area contributed by atoms with Gasteiger partial charge in [-0.3, -0.25) is 10.2 Å². The van der Waals surface area contributed by atoms with E-state index in [0.717, 1.165) is 0 Å². The smallest absolute Gasteiger partial charge is 0.340 e. The molecule has 31 heavy (non-hydrogen) atoms. The molecule has 3 rings (SSSR count). The van der Waals surface area contributed by atoms with Crippen molar-refractivity contribution in [1.29, 1.82) is 5.41 Å². The highest BCUT2D eigenvalue weighted by molar-refractivity contribution is 9.10. The molecule has 0 aliphatic rings. The SMILES string of the molecule is COCOC(=O)c1ccccc1-c1ccc(Br)cc1C(=O)Nc1ccc(C(=N)N)cc1. The number of anilines is 1. The molecule has 0 bridgehead atoms. The summed E-state index contributed by atoms with van der Waals surface area (Å²) in [7, 11) is 1.43. The number of nitrogens with two attached hydrogens (primary N) is 1. The van der Waals surface area contributed by atoms with Gasteiger partial charge in [-0.2, -0.15) is 0 Å². The molecule has 0 saturated carbocycles. The molecule has 7 nitrogen and oxygen atoms in total. The summed E-state index contributed by atoms with van der Waals surface area (Å²) in [5.74, 6) is -0.956. The van der Waals surface area contributed by atoms with Crippen molar-refractivity contribution in [2.75, 3.05) is 19.2 Å². The molecule has 8 heteroatoms. The van der Waals surface area contributed by atoms with Crippen LogP contribution in [-0.4, -0.2) is 31.6 Å². The second kappa shape index (κ2) is 10.0. The maximum Gasteiger partial charge on any atom is 0.340 e. The van der Waals surface area contributed by atoms with Crippen LogP contribution in [0.1, 0.15) is 26.3 Å². The lowest BCUT2D eigenvalue weighted by atomic mass is 9.95. The Labute approximate surface area is 187 Å². The third-order valence-electron chi connectivity index (χ3n) is 4.43. The maximum atomic E-state index is 13.1. The van der Waals surface area contributed by atoms with Crippen LogP contribution in [0.2, 0.25) is 0 Å². The van der Waals surface area contributed by atoms with Crippen LogP contribution in [0, 0.1) is 5.41 Å². The summed E-state index contributed by atoms with van der Waals surface area (Å²) < 4.78 is 10.6. The second-order valence-electron chi connectivity index (χ2n) is 6.52. The zero-order valence-electron chi connectivity index (χ0n) is 16.6. The Kier molecular flexibility index (Phi) is 7.17. The summed E-state index contributed by atoms with van der Waals surface area (Å²) in [5.41, 5.74) is 8.41. The van der Waals surface area contributed by atoms with Gasteiger partial charge in [0.25, 0.3) is 5.91 Å². The lowest BCUT2D eigenvalue weighted by molar-refractivity contribution is -0.0124. The van der Waals surface area contributed by atoms with E-state index in [1.54, 1.807) is 66.7 Å². The first-order chi connectivity index (χ1) is 14.9. The van der Waals surface area contributed by atoms with Crippen molar-refractivity contribution in [2.45, 2.75) is 0 Å².